The highest BCUT2D eigenvalue weighted by Crippen LogP contribution is 2.27. The normalized spacial score (nSPS) is 12.0. The molecule has 1 unspecified atom stereocenters. The summed E-state index contributed by atoms with van der Waals surface area (Å²) in [6.07, 6.45) is 0. The molecule has 0 radical (unpaired) electrons. The number of amides is 1. The Bertz CT molecular complexity index is 866. The van der Waals surface area contributed by atoms with Crippen LogP contribution in [0.15, 0.2) is 58.2 Å². The molecule has 1 amide bonds. The van der Waals surface area contributed by atoms with Gasteiger partial charge < -0.3 is 9.73 Å². The molecule has 1 aromatic heterocycles. The lowest BCUT2D eigenvalue weighted by molar-refractivity contribution is -0.115. The summed E-state index contributed by atoms with van der Waals surface area (Å²) in [5.74, 6) is 0.195. The van der Waals surface area contributed by atoms with Crippen LogP contribution in [0.3, 0.4) is 0 Å². The lowest BCUT2D eigenvalue weighted by Crippen LogP contribution is -2.22. The second-order valence-electron chi connectivity index (χ2n) is 5.15. The molecule has 0 saturated heterocycles. The Morgan fingerprint density at radius 1 is 1.12 bits per heavy atom. The third-order valence-electron chi connectivity index (χ3n) is 3.20. The van der Waals surface area contributed by atoms with Crippen LogP contribution in [0.25, 0.3) is 11.5 Å². The number of rotatable bonds is 5. The molecule has 0 spiro atoms. The van der Waals surface area contributed by atoms with Crippen LogP contribution in [0.2, 0.25) is 10.0 Å². The molecule has 8 heteroatoms. The van der Waals surface area contributed by atoms with Crippen molar-refractivity contribution in [2.24, 2.45) is 0 Å². The molecule has 128 valence electrons. The number of carbonyl (C=O) groups excluding carboxylic acids is 1. The van der Waals surface area contributed by atoms with Crippen LogP contribution in [0.1, 0.15) is 6.92 Å². The van der Waals surface area contributed by atoms with Crippen molar-refractivity contribution in [2.45, 2.75) is 17.4 Å². The number of hydrogen-bond donors (Lipinski definition) is 1. The zero-order valence-electron chi connectivity index (χ0n) is 13.1. The summed E-state index contributed by atoms with van der Waals surface area (Å²) in [6, 6.07) is 14.3. The van der Waals surface area contributed by atoms with E-state index < -0.39 is 5.25 Å². The van der Waals surface area contributed by atoms with Gasteiger partial charge in [-0.1, -0.05) is 53.2 Å². The van der Waals surface area contributed by atoms with Gasteiger partial charge in [0.1, 0.15) is 0 Å². The van der Waals surface area contributed by atoms with Gasteiger partial charge in [0.25, 0.3) is 5.22 Å². The number of nitrogens with zero attached hydrogens (tertiary/aromatic N) is 2. The molecular formula is C17H13Cl2N3O2S. The van der Waals surface area contributed by atoms with Gasteiger partial charge in [0.15, 0.2) is 0 Å². The zero-order valence-corrected chi connectivity index (χ0v) is 15.4. The number of hydrogen-bond acceptors (Lipinski definition) is 5. The Labute approximate surface area is 158 Å². The van der Waals surface area contributed by atoms with Crippen LogP contribution in [-0.2, 0) is 4.79 Å². The SMILES string of the molecule is CC(Sc1nnc(-c2ccccc2)o1)C(=O)Nc1cc(Cl)cc(Cl)c1. The van der Waals surface area contributed by atoms with Crippen molar-refractivity contribution in [3.63, 3.8) is 0 Å². The number of thioether (sulfide) groups is 1. The van der Waals surface area contributed by atoms with Crippen molar-refractivity contribution >= 4 is 46.6 Å². The predicted octanol–water partition coefficient (Wildman–Crippen LogP) is 5.16. The molecular weight excluding hydrogens is 381 g/mol. The first kappa shape index (κ1) is 17.8. The highest BCUT2D eigenvalue weighted by molar-refractivity contribution is 8.00. The summed E-state index contributed by atoms with van der Waals surface area (Å²) < 4.78 is 5.60. The van der Waals surface area contributed by atoms with Gasteiger partial charge in [-0.15, -0.1) is 10.2 Å². The van der Waals surface area contributed by atoms with Crippen LogP contribution in [0, 0.1) is 0 Å². The Hall–Kier alpha value is -2.02. The Morgan fingerprint density at radius 2 is 1.80 bits per heavy atom. The standard InChI is InChI=1S/C17H13Cl2N3O2S/c1-10(15(23)20-14-8-12(18)7-13(19)9-14)25-17-22-21-16(24-17)11-5-3-2-4-6-11/h2-10H,1H3,(H,20,23). The van der Waals surface area contributed by atoms with E-state index in [1.807, 2.05) is 30.3 Å². The maximum Gasteiger partial charge on any atom is 0.277 e. The molecule has 1 N–H and O–H groups in total. The number of anilines is 1. The fourth-order valence-corrected chi connectivity index (χ4v) is 3.24. The molecule has 0 aliphatic rings. The van der Waals surface area contributed by atoms with E-state index in [2.05, 4.69) is 15.5 Å². The van der Waals surface area contributed by atoms with E-state index in [0.29, 0.717) is 26.8 Å². The van der Waals surface area contributed by atoms with Crippen molar-refractivity contribution in [3.8, 4) is 11.5 Å². The van der Waals surface area contributed by atoms with Crippen molar-refractivity contribution < 1.29 is 9.21 Å². The summed E-state index contributed by atoms with van der Waals surface area (Å²) in [5.41, 5.74) is 1.36. The highest BCUT2D eigenvalue weighted by atomic mass is 35.5. The third kappa shape index (κ3) is 4.75. The Kier molecular flexibility index (Phi) is 5.63. The van der Waals surface area contributed by atoms with Crippen molar-refractivity contribution in [1.29, 1.82) is 0 Å². The lowest BCUT2D eigenvalue weighted by Gasteiger charge is -2.10. The summed E-state index contributed by atoms with van der Waals surface area (Å²) >= 11 is 13.0. The van der Waals surface area contributed by atoms with E-state index in [1.165, 1.54) is 11.8 Å². The number of aromatic nitrogens is 2. The topological polar surface area (TPSA) is 68.0 Å². The molecule has 2 aromatic carbocycles. The van der Waals surface area contributed by atoms with Gasteiger partial charge in [-0.2, -0.15) is 0 Å². The van der Waals surface area contributed by atoms with Gasteiger partial charge in [0.05, 0.1) is 5.25 Å². The number of halogens is 2. The monoisotopic (exact) mass is 393 g/mol. The van der Waals surface area contributed by atoms with Gasteiger partial charge in [-0.05, 0) is 37.3 Å². The van der Waals surface area contributed by atoms with Crippen LogP contribution in [0.5, 0.6) is 0 Å². The van der Waals surface area contributed by atoms with Crippen LogP contribution < -0.4 is 5.32 Å². The van der Waals surface area contributed by atoms with E-state index >= 15 is 0 Å². The highest BCUT2D eigenvalue weighted by Gasteiger charge is 2.19. The zero-order chi connectivity index (χ0) is 17.8. The summed E-state index contributed by atoms with van der Waals surface area (Å²) in [6.45, 7) is 1.75. The second-order valence-corrected chi connectivity index (χ2v) is 7.31. The molecule has 5 nitrogen and oxygen atoms in total. The quantitative estimate of drug-likeness (QED) is 0.606. The molecule has 0 aliphatic carbocycles. The van der Waals surface area contributed by atoms with Crippen molar-refractivity contribution in [3.05, 3.63) is 58.6 Å². The number of nitrogens with one attached hydrogen (secondary N) is 1. The first-order valence-corrected chi connectivity index (χ1v) is 8.97. The van der Waals surface area contributed by atoms with Crippen molar-refractivity contribution in [2.75, 3.05) is 5.32 Å². The first-order valence-electron chi connectivity index (χ1n) is 7.34. The maximum absolute atomic E-state index is 12.3. The Balaban J connectivity index is 1.64. The van der Waals surface area contributed by atoms with Gasteiger partial charge in [0.2, 0.25) is 11.8 Å². The number of carbonyl (C=O) groups is 1. The molecule has 0 fully saturated rings. The fraction of sp³-hybridized carbons (Fsp3) is 0.118. The molecule has 0 aliphatic heterocycles. The second kappa shape index (κ2) is 7.91. The molecule has 0 saturated carbocycles. The molecule has 1 atom stereocenters. The van der Waals surface area contributed by atoms with Crippen LogP contribution >= 0.6 is 35.0 Å². The van der Waals surface area contributed by atoms with Crippen LogP contribution in [-0.4, -0.2) is 21.4 Å². The van der Waals surface area contributed by atoms with E-state index in [-0.39, 0.29) is 5.91 Å². The summed E-state index contributed by atoms with van der Waals surface area (Å²) in [4.78, 5) is 12.3. The first-order chi connectivity index (χ1) is 12.0. The van der Waals surface area contributed by atoms with E-state index in [9.17, 15) is 4.79 Å². The predicted molar refractivity (Wildman–Crippen MR) is 100 cm³/mol. The van der Waals surface area contributed by atoms with Gasteiger partial charge >= 0.3 is 0 Å². The minimum atomic E-state index is -0.443. The number of benzene rings is 2. The lowest BCUT2D eigenvalue weighted by atomic mass is 10.2. The van der Waals surface area contributed by atoms with Gasteiger partial charge in [-0.3, -0.25) is 4.79 Å². The van der Waals surface area contributed by atoms with Gasteiger partial charge in [-0.25, -0.2) is 0 Å². The summed E-state index contributed by atoms with van der Waals surface area (Å²) in [7, 11) is 0. The molecule has 0 bridgehead atoms. The molecule has 1 heterocycles. The average Bonchev–Trinajstić information content (AvgIpc) is 3.03. The molecule has 3 aromatic rings. The maximum atomic E-state index is 12.3. The summed E-state index contributed by atoms with van der Waals surface area (Å²) in [5, 5.41) is 11.5. The largest absolute Gasteiger partial charge is 0.411 e. The Morgan fingerprint density at radius 3 is 2.48 bits per heavy atom. The van der Waals surface area contributed by atoms with Gasteiger partial charge in [0, 0.05) is 21.3 Å². The minimum Gasteiger partial charge on any atom is -0.411 e. The van der Waals surface area contributed by atoms with E-state index in [1.54, 1.807) is 25.1 Å². The minimum absolute atomic E-state index is 0.220. The molecule has 3 rings (SSSR count). The average molecular weight is 394 g/mol. The van der Waals surface area contributed by atoms with E-state index in [0.717, 1.165) is 5.56 Å². The third-order valence-corrected chi connectivity index (χ3v) is 4.57. The van der Waals surface area contributed by atoms with E-state index in [4.69, 9.17) is 27.6 Å². The molecule has 25 heavy (non-hydrogen) atoms. The smallest absolute Gasteiger partial charge is 0.277 e. The van der Waals surface area contributed by atoms with Crippen molar-refractivity contribution in [1.82, 2.24) is 10.2 Å². The van der Waals surface area contributed by atoms with Crippen LogP contribution in [0.4, 0.5) is 5.69 Å². The fourth-order valence-electron chi connectivity index (χ4n) is 2.03.